The van der Waals surface area contributed by atoms with Crippen LogP contribution >= 0.6 is 0 Å². The highest BCUT2D eigenvalue weighted by molar-refractivity contribution is 5.96. The van der Waals surface area contributed by atoms with Gasteiger partial charge >= 0.3 is 11.9 Å². The Morgan fingerprint density at radius 2 is 1.36 bits per heavy atom. The van der Waals surface area contributed by atoms with Crippen molar-refractivity contribution < 1.29 is 14.3 Å². The molecule has 3 heteroatoms. The molecular formula is C22H38O3. The van der Waals surface area contributed by atoms with E-state index in [1.165, 1.54) is 83.5 Å². The van der Waals surface area contributed by atoms with Gasteiger partial charge in [-0.1, -0.05) is 95.6 Å². The Hall–Kier alpha value is -1.12. The van der Waals surface area contributed by atoms with Gasteiger partial charge in [-0.15, -0.1) is 0 Å². The number of carbonyl (C=O) groups is 2. The molecule has 0 aromatic heterocycles. The molecule has 0 bridgehead atoms. The van der Waals surface area contributed by atoms with Crippen molar-refractivity contribution in [2.45, 2.75) is 110 Å². The molecule has 0 aromatic rings. The second-order valence-electron chi connectivity index (χ2n) is 7.53. The fourth-order valence-corrected chi connectivity index (χ4v) is 3.46. The summed E-state index contributed by atoms with van der Waals surface area (Å²) in [4.78, 5) is 22.6. The summed E-state index contributed by atoms with van der Waals surface area (Å²) >= 11 is 0. The van der Waals surface area contributed by atoms with Gasteiger partial charge in [0.1, 0.15) is 0 Å². The molecule has 1 rings (SSSR count). The highest BCUT2D eigenvalue weighted by atomic mass is 16.6. The van der Waals surface area contributed by atoms with E-state index in [1.807, 2.05) is 6.92 Å². The molecule has 1 atom stereocenters. The summed E-state index contributed by atoms with van der Waals surface area (Å²) in [6, 6.07) is 0. The van der Waals surface area contributed by atoms with Crippen molar-refractivity contribution >= 4 is 11.9 Å². The van der Waals surface area contributed by atoms with Crippen molar-refractivity contribution in [3.63, 3.8) is 0 Å². The minimum absolute atomic E-state index is 0.222. The first kappa shape index (κ1) is 21.9. The van der Waals surface area contributed by atoms with Crippen LogP contribution in [0.3, 0.4) is 0 Å². The number of carbonyl (C=O) groups excluding carboxylic acids is 2. The van der Waals surface area contributed by atoms with Crippen molar-refractivity contribution in [1.82, 2.24) is 0 Å². The minimum atomic E-state index is -0.385. The van der Waals surface area contributed by atoms with E-state index in [0.717, 1.165) is 12.0 Å². The molecule has 144 valence electrons. The number of rotatable bonds is 15. The maximum Gasteiger partial charge on any atom is 0.321 e. The Balaban J connectivity index is 1.88. The van der Waals surface area contributed by atoms with E-state index in [4.69, 9.17) is 0 Å². The third kappa shape index (κ3) is 10.5. The van der Waals surface area contributed by atoms with Gasteiger partial charge in [0.15, 0.2) is 0 Å². The van der Waals surface area contributed by atoms with E-state index in [0.29, 0.717) is 0 Å². The van der Waals surface area contributed by atoms with Crippen LogP contribution in [-0.2, 0) is 14.3 Å². The number of hydrogen-bond acceptors (Lipinski definition) is 3. The number of ether oxygens (including phenoxy) is 1. The second kappa shape index (κ2) is 14.1. The topological polar surface area (TPSA) is 43.4 Å². The fourth-order valence-electron chi connectivity index (χ4n) is 3.46. The summed E-state index contributed by atoms with van der Waals surface area (Å²) in [7, 11) is 0. The summed E-state index contributed by atoms with van der Waals surface area (Å²) < 4.78 is 4.60. The predicted octanol–water partition coefficient (Wildman–Crippen LogP) is 6.50. The first-order chi connectivity index (χ1) is 12.1. The number of allylic oxidation sites excluding steroid dienone is 1. The summed E-state index contributed by atoms with van der Waals surface area (Å²) in [6.45, 7) is 4.21. The SMILES string of the molecule is CCCCCCCCCCCCCCC/C=C(\C)C1CC(=O)OC1=O. The molecule has 1 fully saturated rings. The smallest absolute Gasteiger partial charge is 0.321 e. The summed E-state index contributed by atoms with van der Waals surface area (Å²) in [5, 5.41) is 0. The van der Waals surface area contributed by atoms with Crippen LogP contribution in [0.5, 0.6) is 0 Å². The summed E-state index contributed by atoms with van der Waals surface area (Å²) in [6.07, 6.45) is 21.0. The molecule has 0 aliphatic carbocycles. The van der Waals surface area contributed by atoms with E-state index in [1.54, 1.807) is 0 Å². The van der Waals surface area contributed by atoms with E-state index in [2.05, 4.69) is 17.7 Å². The monoisotopic (exact) mass is 350 g/mol. The molecule has 0 amide bonds. The van der Waals surface area contributed by atoms with Gasteiger partial charge in [0, 0.05) is 0 Å². The highest BCUT2D eigenvalue weighted by Crippen LogP contribution is 2.24. The van der Waals surface area contributed by atoms with Gasteiger partial charge in [0.05, 0.1) is 12.3 Å². The van der Waals surface area contributed by atoms with Crippen molar-refractivity contribution in [2.75, 3.05) is 0 Å². The zero-order valence-electron chi connectivity index (χ0n) is 16.5. The molecule has 3 nitrogen and oxygen atoms in total. The lowest BCUT2D eigenvalue weighted by Crippen LogP contribution is -2.08. The molecule has 1 aliphatic heterocycles. The Labute approximate surface area is 154 Å². The van der Waals surface area contributed by atoms with Gasteiger partial charge in [-0.05, 0) is 19.8 Å². The number of cyclic esters (lactones) is 2. The first-order valence-corrected chi connectivity index (χ1v) is 10.6. The zero-order valence-corrected chi connectivity index (χ0v) is 16.5. The van der Waals surface area contributed by atoms with Crippen LogP contribution in [-0.4, -0.2) is 11.9 Å². The molecule has 0 aromatic carbocycles. The lowest BCUT2D eigenvalue weighted by atomic mass is 9.97. The molecule has 1 heterocycles. The standard InChI is InChI=1S/C22H38O3/c1-3-4-5-6-7-8-9-10-11-12-13-14-15-16-17-19(2)20-18-21(23)25-22(20)24/h17,20H,3-16,18H2,1-2H3/b19-17+. The fraction of sp³-hybridized carbons (Fsp3) is 0.818. The highest BCUT2D eigenvalue weighted by Gasteiger charge is 2.34. The normalized spacial score (nSPS) is 18.0. The molecule has 0 spiro atoms. The van der Waals surface area contributed by atoms with Gasteiger partial charge in [-0.25, -0.2) is 0 Å². The van der Waals surface area contributed by atoms with Crippen molar-refractivity contribution in [3.8, 4) is 0 Å². The van der Waals surface area contributed by atoms with Gasteiger partial charge in [-0.2, -0.15) is 0 Å². The van der Waals surface area contributed by atoms with Gasteiger partial charge in [0.2, 0.25) is 0 Å². The Bertz CT molecular complexity index is 411. The Morgan fingerprint density at radius 3 is 1.80 bits per heavy atom. The molecule has 1 aliphatic rings. The Morgan fingerprint density at radius 1 is 0.880 bits per heavy atom. The average Bonchev–Trinajstić information content (AvgIpc) is 2.93. The summed E-state index contributed by atoms with van der Waals surface area (Å²) in [5.41, 5.74) is 0.995. The lowest BCUT2D eigenvalue weighted by Gasteiger charge is -2.05. The van der Waals surface area contributed by atoms with Crippen molar-refractivity contribution in [1.29, 1.82) is 0 Å². The molecule has 1 unspecified atom stereocenters. The molecule has 0 radical (unpaired) electrons. The molecule has 0 saturated carbocycles. The van der Waals surface area contributed by atoms with Gasteiger partial charge in [0.25, 0.3) is 0 Å². The second-order valence-corrected chi connectivity index (χ2v) is 7.53. The predicted molar refractivity (Wildman–Crippen MR) is 103 cm³/mol. The van der Waals surface area contributed by atoms with Crippen LogP contribution in [0.25, 0.3) is 0 Å². The van der Waals surface area contributed by atoms with Crippen molar-refractivity contribution in [3.05, 3.63) is 11.6 Å². The number of esters is 2. The van der Waals surface area contributed by atoms with Crippen LogP contribution in [0.15, 0.2) is 11.6 Å². The van der Waals surface area contributed by atoms with E-state index in [9.17, 15) is 9.59 Å². The zero-order chi connectivity index (χ0) is 18.3. The third-order valence-corrected chi connectivity index (χ3v) is 5.19. The largest absolute Gasteiger partial charge is 0.393 e. The summed E-state index contributed by atoms with van der Waals surface area (Å²) in [5.74, 6) is -1.08. The van der Waals surface area contributed by atoms with Crippen LogP contribution in [0.1, 0.15) is 110 Å². The van der Waals surface area contributed by atoms with Gasteiger partial charge in [-0.3, -0.25) is 9.59 Å². The van der Waals surface area contributed by atoms with Crippen LogP contribution in [0, 0.1) is 5.92 Å². The molecule has 0 N–H and O–H groups in total. The van der Waals surface area contributed by atoms with Crippen LogP contribution in [0.4, 0.5) is 0 Å². The van der Waals surface area contributed by atoms with E-state index >= 15 is 0 Å². The van der Waals surface area contributed by atoms with E-state index < -0.39 is 0 Å². The van der Waals surface area contributed by atoms with Gasteiger partial charge < -0.3 is 4.74 Å². The average molecular weight is 351 g/mol. The molecule has 25 heavy (non-hydrogen) atoms. The maximum atomic E-state index is 11.5. The van der Waals surface area contributed by atoms with Crippen LogP contribution < -0.4 is 0 Å². The maximum absolute atomic E-state index is 11.5. The molecular weight excluding hydrogens is 312 g/mol. The van der Waals surface area contributed by atoms with Crippen LogP contribution in [0.2, 0.25) is 0 Å². The van der Waals surface area contributed by atoms with E-state index in [-0.39, 0.29) is 24.3 Å². The van der Waals surface area contributed by atoms with Crippen molar-refractivity contribution in [2.24, 2.45) is 5.92 Å². The number of unbranched alkanes of at least 4 members (excludes halogenated alkanes) is 13. The first-order valence-electron chi connectivity index (χ1n) is 10.6. The quantitative estimate of drug-likeness (QED) is 0.146. The molecule has 1 saturated heterocycles. The lowest BCUT2D eigenvalue weighted by molar-refractivity contribution is -0.152. The Kier molecular flexibility index (Phi) is 12.4. The minimum Gasteiger partial charge on any atom is -0.393 e. The third-order valence-electron chi connectivity index (χ3n) is 5.19. The number of hydrogen-bond donors (Lipinski definition) is 0.